The lowest BCUT2D eigenvalue weighted by Crippen LogP contribution is -2.23. The lowest BCUT2D eigenvalue weighted by molar-refractivity contribution is -0.131. The van der Waals surface area contributed by atoms with Gasteiger partial charge in [0, 0.05) is 24.7 Å². The average molecular weight is 276 g/mol. The van der Waals surface area contributed by atoms with E-state index < -0.39 is 5.97 Å². The van der Waals surface area contributed by atoms with Crippen LogP contribution in [0.2, 0.25) is 0 Å². The molecule has 1 unspecified atom stereocenters. The maximum atomic E-state index is 13.9. The Hall–Kier alpha value is -2.19. The molecule has 20 heavy (non-hydrogen) atoms. The van der Waals surface area contributed by atoms with Crippen LogP contribution in [0.25, 0.3) is 6.08 Å². The highest BCUT2D eigenvalue weighted by Crippen LogP contribution is 2.14. The van der Waals surface area contributed by atoms with E-state index >= 15 is 0 Å². The first-order valence-electron chi connectivity index (χ1n) is 6.20. The number of halogens is 1. The quantitative estimate of drug-likeness (QED) is 0.811. The van der Waals surface area contributed by atoms with Crippen LogP contribution in [0.4, 0.5) is 4.39 Å². The molecule has 0 aliphatic rings. The van der Waals surface area contributed by atoms with Gasteiger partial charge in [0.2, 0.25) is 0 Å². The standard InChI is InChI=1S/C15H17FN2O2/c1-11(8-17)9-18(2)10-13-5-3-12(7-14(13)16)4-6-15(19)20/h3-7,11H,9-10H2,1-2H3,(H,19,20). The topological polar surface area (TPSA) is 64.3 Å². The van der Waals surface area contributed by atoms with Crippen molar-refractivity contribution in [2.75, 3.05) is 13.6 Å². The first kappa shape index (κ1) is 15.9. The Morgan fingerprint density at radius 2 is 2.30 bits per heavy atom. The van der Waals surface area contributed by atoms with Gasteiger partial charge in [-0.3, -0.25) is 0 Å². The number of nitrogens with zero attached hydrogens (tertiary/aromatic N) is 2. The van der Waals surface area contributed by atoms with Gasteiger partial charge in [0.25, 0.3) is 0 Å². The van der Waals surface area contributed by atoms with Crippen LogP contribution in [0, 0.1) is 23.1 Å². The molecule has 0 heterocycles. The molecule has 4 nitrogen and oxygen atoms in total. The summed E-state index contributed by atoms with van der Waals surface area (Å²) >= 11 is 0. The predicted molar refractivity (Wildman–Crippen MR) is 74.2 cm³/mol. The number of aliphatic carboxylic acids is 1. The molecule has 0 bridgehead atoms. The summed E-state index contributed by atoms with van der Waals surface area (Å²) in [6, 6.07) is 6.73. The van der Waals surface area contributed by atoms with E-state index in [1.54, 1.807) is 12.1 Å². The summed E-state index contributed by atoms with van der Waals surface area (Å²) in [6.45, 7) is 2.78. The molecule has 0 spiro atoms. The molecule has 1 atom stereocenters. The fraction of sp³-hybridized carbons (Fsp3) is 0.333. The Bertz CT molecular complexity index is 549. The van der Waals surface area contributed by atoms with Crippen molar-refractivity contribution in [1.29, 1.82) is 5.26 Å². The molecular weight excluding hydrogens is 259 g/mol. The first-order valence-corrected chi connectivity index (χ1v) is 6.20. The van der Waals surface area contributed by atoms with Crippen molar-refractivity contribution in [2.24, 2.45) is 5.92 Å². The van der Waals surface area contributed by atoms with E-state index in [0.29, 0.717) is 24.2 Å². The number of benzene rings is 1. The second-order valence-electron chi connectivity index (χ2n) is 4.75. The Balaban J connectivity index is 2.74. The van der Waals surface area contributed by atoms with Gasteiger partial charge in [0.15, 0.2) is 0 Å². The van der Waals surface area contributed by atoms with Gasteiger partial charge < -0.3 is 10.0 Å². The molecule has 0 aliphatic heterocycles. The van der Waals surface area contributed by atoms with Crippen molar-refractivity contribution < 1.29 is 14.3 Å². The molecule has 1 N–H and O–H groups in total. The normalized spacial score (nSPS) is 12.6. The summed E-state index contributed by atoms with van der Waals surface area (Å²) in [6.07, 6.45) is 2.31. The van der Waals surface area contributed by atoms with E-state index in [1.165, 1.54) is 12.1 Å². The number of carboxylic acids is 1. The summed E-state index contributed by atoms with van der Waals surface area (Å²) in [5.74, 6) is -1.56. The largest absolute Gasteiger partial charge is 0.478 e. The minimum absolute atomic E-state index is 0.110. The van der Waals surface area contributed by atoms with Crippen molar-refractivity contribution >= 4 is 12.0 Å². The van der Waals surface area contributed by atoms with Crippen LogP contribution in [0.1, 0.15) is 18.1 Å². The van der Waals surface area contributed by atoms with Gasteiger partial charge in [-0.2, -0.15) is 5.26 Å². The molecule has 0 aromatic heterocycles. The van der Waals surface area contributed by atoms with Crippen LogP contribution >= 0.6 is 0 Å². The molecular formula is C15H17FN2O2. The highest BCUT2D eigenvalue weighted by atomic mass is 19.1. The fourth-order valence-corrected chi connectivity index (χ4v) is 1.83. The second-order valence-corrected chi connectivity index (χ2v) is 4.75. The van der Waals surface area contributed by atoms with Crippen LogP contribution in [-0.4, -0.2) is 29.6 Å². The number of carboxylic acid groups (broad SMARTS) is 1. The minimum atomic E-state index is -1.07. The van der Waals surface area contributed by atoms with Gasteiger partial charge in [-0.25, -0.2) is 9.18 Å². The van der Waals surface area contributed by atoms with Crippen molar-refractivity contribution in [2.45, 2.75) is 13.5 Å². The highest BCUT2D eigenvalue weighted by Gasteiger charge is 2.09. The second kappa shape index (κ2) is 7.41. The molecule has 1 rings (SSSR count). The van der Waals surface area contributed by atoms with Gasteiger partial charge in [0.05, 0.1) is 12.0 Å². The summed E-state index contributed by atoms with van der Waals surface area (Å²) in [4.78, 5) is 12.3. The summed E-state index contributed by atoms with van der Waals surface area (Å²) in [5.41, 5.74) is 1.02. The fourth-order valence-electron chi connectivity index (χ4n) is 1.83. The SMILES string of the molecule is CC(C#N)CN(C)Cc1ccc(C=CC(=O)O)cc1F. The molecule has 5 heteroatoms. The van der Waals surface area contributed by atoms with Crippen molar-refractivity contribution in [3.05, 3.63) is 41.2 Å². The third-order valence-corrected chi connectivity index (χ3v) is 2.74. The monoisotopic (exact) mass is 276 g/mol. The Morgan fingerprint density at radius 1 is 1.60 bits per heavy atom. The molecule has 0 aliphatic carbocycles. The van der Waals surface area contributed by atoms with Gasteiger partial charge in [0.1, 0.15) is 5.82 Å². The van der Waals surface area contributed by atoms with E-state index in [2.05, 4.69) is 6.07 Å². The van der Waals surface area contributed by atoms with E-state index in [-0.39, 0.29) is 11.7 Å². The van der Waals surface area contributed by atoms with Gasteiger partial charge >= 0.3 is 5.97 Å². The third kappa shape index (κ3) is 5.21. The molecule has 0 saturated carbocycles. The Morgan fingerprint density at radius 3 is 2.85 bits per heavy atom. The first-order chi connectivity index (χ1) is 9.42. The molecule has 1 aromatic rings. The Kier molecular flexibility index (Phi) is 5.88. The molecule has 0 amide bonds. The third-order valence-electron chi connectivity index (χ3n) is 2.74. The zero-order chi connectivity index (χ0) is 15.1. The smallest absolute Gasteiger partial charge is 0.328 e. The van der Waals surface area contributed by atoms with Crippen molar-refractivity contribution in [3.63, 3.8) is 0 Å². The molecule has 1 aromatic carbocycles. The van der Waals surface area contributed by atoms with Gasteiger partial charge in [-0.15, -0.1) is 0 Å². The molecule has 0 fully saturated rings. The van der Waals surface area contributed by atoms with E-state index in [1.807, 2.05) is 18.9 Å². The van der Waals surface area contributed by atoms with E-state index in [0.717, 1.165) is 6.08 Å². The lowest BCUT2D eigenvalue weighted by atomic mass is 10.1. The lowest BCUT2D eigenvalue weighted by Gasteiger charge is -2.18. The molecule has 0 radical (unpaired) electrons. The minimum Gasteiger partial charge on any atom is -0.478 e. The molecule has 0 saturated heterocycles. The van der Waals surface area contributed by atoms with Gasteiger partial charge in [-0.05, 0) is 31.7 Å². The van der Waals surface area contributed by atoms with Crippen LogP contribution < -0.4 is 0 Å². The number of hydrogen-bond donors (Lipinski definition) is 1. The maximum absolute atomic E-state index is 13.9. The van der Waals surface area contributed by atoms with Crippen LogP contribution in [0.3, 0.4) is 0 Å². The van der Waals surface area contributed by atoms with Crippen LogP contribution in [0.5, 0.6) is 0 Å². The van der Waals surface area contributed by atoms with Gasteiger partial charge in [-0.1, -0.05) is 12.1 Å². The summed E-state index contributed by atoms with van der Waals surface area (Å²) in [5, 5.41) is 17.2. The zero-order valence-corrected chi connectivity index (χ0v) is 11.5. The maximum Gasteiger partial charge on any atom is 0.328 e. The number of carbonyl (C=O) groups is 1. The Labute approximate surface area is 117 Å². The van der Waals surface area contributed by atoms with E-state index in [9.17, 15) is 9.18 Å². The number of nitriles is 1. The number of rotatable bonds is 6. The predicted octanol–water partition coefficient (Wildman–Crippen LogP) is 2.51. The highest BCUT2D eigenvalue weighted by molar-refractivity contribution is 5.85. The van der Waals surface area contributed by atoms with E-state index in [4.69, 9.17) is 10.4 Å². The molecule has 106 valence electrons. The van der Waals surface area contributed by atoms with Crippen molar-refractivity contribution in [3.8, 4) is 6.07 Å². The zero-order valence-electron chi connectivity index (χ0n) is 11.5. The van der Waals surface area contributed by atoms with Crippen LogP contribution in [-0.2, 0) is 11.3 Å². The van der Waals surface area contributed by atoms with Crippen molar-refractivity contribution in [1.82, 2.24) is 4.90 Å². The number of hydrogen-bond acceptors (Lipinski definition) is 3. The van der Waals surface area contributed by atoms with Crippen LogP contribution in [0.15, 0.2) is 24.3 Å². The summed E-state index contributed by atoms with van der Waals surface area (Å²) < 4.78 is 13.9. The average Bonchev–Trinajstić information content (AvgIpc) is 2.38. The summed E-state index contributed by atoms with van der Waals surface area (Å²) in [7, 11) is 1.82.